The number of hydrogen-bond acceptors (Lipinski definition) is 8. The summed E-state index contributed by atoms with van der Waals surface area (Å²) in [6.07, 6.45) is 0. The second kappa shape index (κ2) is 9.37. The molecule has 8 heteroatoms. The van der Waals surface area contributed by atoms with Crippen LogP contribution in [-0.4, -0.2) is 31.3 Å². The van der Waals surface area contributed by atoms with Crippen LogP contribution in [0, 0.1) is 18.3 Å². The Hall–Kier alpha value is -4.09. The van der Waals surface area contributed by atoms with Gasteiger partial charge >= 0.3 is 11.9 Å². The van der Waals surface area contributed by atoms with E-state index in [-0.39, 0.29) is 29.3 Å². The minimum absolute atomic E-state index is 0.0207. The SMILES string of the molecule is COC(=O)C1=C(C(=O)OC)N(c2cccc(CO)c2C)C(N)=C(C#N)C1c1ccccc1. The fourth-order valence-electron chi connectivity index (χ4n) is 3.85. The van der Waals surface area contributed by atoms with E-state index in [9.17, 15) is 20.0 Å². The fraction of sp³-hybridized carbons (Fsp3) is 0.208. The molecule has 1 aliphatic heterocycles. The summed E-state index contributed by atoms with van der Waals surface area (Å²) < 4.78 is 10.0. The molecule has 0 spiro atoms. The molecule has 8 nitrogen and oxygen atoms in total. The molecule has 0 amide bonds. The van der Waals surface area contributed by atoms with Gasteiger partial charge in [-0.25, -0.2) is 9.59 Å². The number of carbonyl (C=O) groups excluding carboxylic acids is 2. The maximum Gasteiger partial charge on any atom is 0.355 e. The second-order valence-electron chi connectivity index (χ2n) is 7.05. The van der Waals surface area contributed by atoms with E-state index in [2.05, 4.69) is 6.07 Å². The van der Waals surface area contributed by atoms with Crippen LogP contribution >= 0.6 is 0 Å². The fourth-order valence-corrected chi connectivity index (χ4v) is 3.85. The lowest BCUT2D eigenvalue weighted by molar-refractivity contribution is -0.139. The Bertz CT molecular complexity index is 1160. The Morgan fingerprint density at radius 1 is 1.09 bits per heavy atom. The van der Waals surface area contributed by atoms with Crippen molar-refractivity contribution < 1.29 is 24.2 Å². The van der Waals surface area contributed by atoms with Crippen LogP contribution in [0.1, 0.15) is 22.6 Å². The van der Waals surface area contributed by atoms with Gasteiger partial charge in [-0.1, -0.05) is 42.5 Å². The average Bonchev–Trinajstić information content (AvgIpc) is 2.83. The highest BCUT2D eigenvalue weighted by Crippen LogP contribution is 2.44. The van der Waals surface area contributed by atoms with Crippen molar-refractivity contribution in [2.75, 3.05) is 19.1 Å². The summed E-state index contributed by atoms with van der Waals surface area (Å²) in [5.74, 6) is -2.56. The summed E-state index contributed by atoms with van der Waals surface area (Å²) in [6.45, 7) is 1.51. The Kier molecular flexibility index (Phi) is 6.61. The largest absolute Gasteiger partial charge is 0.466 e. The first kappa shape index (κ1) is 22.6. The van der Waals surface area contributed by atoms with Gasteiger partial charge in [-0.15, -0.1) is 0 Å². The van der Waals surface area contributed by atoms with Gasteiger partial charge in [0, 0.05) is 0 Å². The number of ether oxygens (including phenoxy) is 2. The molecule has 0 fully saturated rings. The Morgan fingerprint density at radius 2 is 1.75 bits per heavy atom. The molecule has 2 aromatic rings. The molecule has 3 rings (SSSR count). The highest BCUT2D eigenvalue weighted by molar-refractivity contribution is 6.06. The summed E-state index contributed by atoms with van der Waals surface area (Å²) in [7, 11) is 2.39. The zero-order valence-corrected chi connectivity index (χ0v) is 18.0. The molecule has 3 N–H and O–H groups in total. The maximum absolute atomic E-state index is 13.0. The van der Waals surface area contributed by atoms with Gasteiger partial charge in [-0.2, -0.15) is 5.26 Å². The second-order valence-corrected chi connectivity index (χ2v) is 7.05. The van der Waals surface area contributed by atoms with Gasteiger partial charge < -0.3 is 20.3 Å². The van der Waals surface area contributed by atoms with Crippen molar-refractivity contribution in [2.45, 2.75) is 19.4 Å². The third kappa shape index (κ3) is 3.70. The van der Waals surface area contributed by atoms with Gasteiger partial charge in [0.15, 0.2) is 0 Å². The molecular formula is C24H23N3O5. The first-order valence-electron chi connectivity index (χ1n) is 9.76. The Morgan fingerprint density at radius 3 is 2.31 bits per heavy atom. The number of aliphatic hydroxyl groups is 1. The molecule has 32 heavy (non-hydrogen) atoms. The number of aliphatic hydroxyl groups excluding tert-OH is 1. The van der Waals surface area contributed by atoms with E-state index in [1.165, 1.54) is 19.1 Å². The smallest absolute Gasteiger partial charge is 0.355 e. The van der Waals surface area contributed by atoms with Crippen molar-refractivity contribution in [1.29, 1.82) is 5.26 Å². The highest BCUT2D eigenvalue weighted by Gasteiger charge is 2.43. The van der Waals surface area contributed by atoms with Crippen molar-refractivity contribution in [3.05, 3.63) is 87.9 Å². The van der Waals surface area contributed by atoms with Crippen LogP contribution in [0.5, 0.6) is 0 Å². The lowest BCUT2D eigenvalue weighted by Gasteiger charge is -2.36. The van der Waals surface area contributed by atoms with E-state index in [4.69, 9.17) is 15.2 Å². The molecule has 2 aromatic carbocycles. The van der Waals surface area contributed by atoms with Gasteiger partial charge in [-0.3, -0.25) is 4.90 Å². The summed E-state index contributed by atoms with van der Waals surface area (Å²) in [5, 5.41) is 19.7. The maximum atomic E-state index is 13.0. The molecule has 0 radical (unpaired) electrons. The summed E-state index contributed by atoms with van der Waals surface area (Å²) in [5.41, 5.74) is 8.58. The molecule has 0 aromatic heterocycles. The normalized spacial score (nSPS) is 16.0. The monoisotopic (exact) mass is 433 g/mol. The van der Waals surface area contributed by atoms with Crippen LogP contribution in [0.25, 0.3) is 0 Å². The van der Waals surface area contributed by atoms with Crippen LogP contribution in [0.4, 0.5) is 5.69 Å². The molecule has 1 atom stereocenters. The molecule has 0 saturated heterocycles. The Labute approximate surface area is 185 Å². The average molecular weight is 433 g/mol. The number of nitrogens with zero attached hydrogens (tertiary/aromatic N) is 2. The summed E-state index contributed by atoms with van der Waals surface area (Å²) in [6, 6.07) is 16.0. The lowest BCUT2D eigenvalue weighted by Crippen LogP contribution is -2.41. The van der Waals surface area contributed by atoms with Gasteiger partial charge in [0.25, 0.3) is 0 Å². The molecule has 164 valence electrons. The number of methoxy groups -OCH3 is 2. The zero-order chi connectivity index (χ0) is 23.4. The predicted octanol–water partition coefficient (Wildman–Crippen LogP) is 2.39. The third-order valence-corrected chi connectivity index (χ3v) is 5.44. The number of rotatable bonds is 5. The lowest BCUT2D eigenvalue weighted by atomic mass is 9.80. The van der Waals surface area contributed by atoms with E-state index < -0.39 is 17.9 Å². The quantitative estimate of drug-likeness (QED) is 0.689. The number of anilines is 1. The summed E-state index contributed by atoms with van der Waals surface area (Å²) in [4.78, 5) is 27.4. The van der Waals surface area contributed by atoms with Crippen LogP contribution < -0.4 is 10.6 Å². The van der Waals surface area contributed by atoms with Crippen LogP contribution in [-0.2, 0) is 25.7 Å². The molecular weight excluding hydrogens is 410 g/mol. The van der Waals surface area contributed by atoms with Gasteiger partial charge in [0.1, 0.15) is 11.5 Å². The van der Waals surface area contributed by atoms with Crippen LogP contribution in [0.2, 0.25) is 0 Å². The molecule has 0 saturated carbocycles. The van der Waals surface area contributed by atoms with Crippen molar-refractivity contribution in [3.8, 4) is 6.07 Å². The van der Waals surface area contributed by atoms with E-state index in [0.717, 1.165) is 0 Å². The van der Waals surface area contributed by atoms with E-state index >= 15 is 0 Å². The van der Waals surface area contributed by atoms with E-state index in [1.807, 2.05) is 0 Å². The Balaban J connectivity index is 2.45. The van der Waals surface area contributed by atoms with Gasteiger partial charge in [0.05, 0.1) is 49.6 Å². The van der Waals surface area contributed by atoms with Gasteiger partial charge in [0.2, 0.25) is 0 Å². The number of allylic oxidation sites excluding steroid dienone is 1. The standard InChI is InChI=1S/C24H23N3O5/c1-14-16(13-28)10-7-11-18(14)27-21(24(30)32-3)20(23(29)31-2)19(17(12-25)22(27)26)15-8-5-4-6-9-15/h4-11,19,28H,13,26H2,1-3H3. The topological polar surface area (TPSA) is 126 Å². The van der Waals surface area contributed by atoms with Crippen molar-refractivity contribution >= 4 is 17.6 Å². The molecule has 1 aliphatic rings. The van der Waals surface area contributed by atoms with E-state index in [0.29, 0.717) is 22.4 Å². The molecule has 0 aliphatic carbocycles. The molecule has 1 unspecified atom stereocenters. The first-order valence-corrected chi connectivity index (χ1v) is 9.76. The summed E-state index contributed by atoms with van der Waals surface area (Å²) >= 11 is 0. The number of esters is 2. The van der Waals surface area contributed by atoms with Crippen molar-refractivity contribution in [2.24, 2.45) is 5.73 Å². The minimum Gasteiger partial charge on any atom is -0.466 e. The van der Waals surface area contributed by atoms with Gasteiger partial charge in [-0.05, 0) is 29.7 Å². The number of nitrogens with two attached hydrogens (primary N) is 1. The molecule has 0 bridgehead atoms. The van der Waals surface area contributed by atoms with Crippen molar-refractivity contribution in [1.82, 2.24) is 0 Å². The number of carbonyl (C=O) groups is 2. The number of nitriles is 1. The van der Waals surface area contributed by atoms with Crippen LogP contribution in [0.3, 0.4) is 0 Å². The first-order chi connectivity index (χ1) is 15.4. The predicted molar refractivity (Wildman–Crippen MR) is 117 cm³/mol. The van der Waals surface area contributed by atoms with Crippen LogP contribution in [0.15, 0.2) is 71.2 Å². The highest BCUT2D eigenvalue weighted by atomic mass is 16.5. The third-order valence-electron chi connectivity index (χ3n) is 5.44. The van der Waals surface area contributed by atoms with Crippen molar-refractivity contribution in [3.63, 3.8) is 0 Å². The zero-order valence-electron chi connectivity index (χ0n) is 18.0. The number of benzene rings is 2. The molecule has 1 heterocycles. The van der Waals surface area contributed by atoms with E-state index in [1.54, 1.807) is 55.5 Å². The minimum atomic E-state index is -0.930. The number of hydrogen-bond donors (Lipinski definition) is 2.